The fourth-order valence-electron chi connectivity index (χ4n) is 2.84. The van der Waals surface area contributed by atoms with Gasteiger partial charge in [0.05, 0.1) is 29.2 Å². The molecular weight excluding hydrogens is 414 g/mol. The molecule has 0 saturated heterocycles. The van der Waals surface area contributed by atoms with E-state index >= 15 is 0 Å². The standard InChI is InChI=1S/C19H19N3O3S3/c1-4-25-17(24)16-12(3)20-11(2)15(16)14(23)10-27-18-21-22(19(26)28-18)13-8-6-5-7-9-13/h5-9,20H,4,10H2,1-3H3. The number of ketones is 1. The van der Waals surface area contributed by atoms with Gasteiger partial charge in [-0.15, -0.1) is 5.10 Å². The number of Topliss-reactive ketones (excluding diaryl/α,β-unsaturated/α-hetero) is 1. The monoisotopic (exact) mass is 433 g/mol. The number of ether oxygens (including phenoxy) is 1. The Labute approximate surface area is 175 Å². The van der Waals surface area contributed by atoms with Crippen molar-refractivity contribution >= 4 is 47.1 Å². The highest BCUT2D eigenvalue weighted by Crippen LogP contribution is 2.27. The molecule has 0 radical (unpaired) electrons. The molecule has 2 aromatic heterocycles. The highest BCUT2D eigenvalue weighted by atomic mass is 32.2. The fraction of sp³-hybridized carbons (Fsp3) is 0.263. The van der Waals surface area contributed by atoms with E-state index < -0.39 is 5.97 Å². The molecule has 28 heavy (non-hydrogen) atoms. The lowest BCUT2D eigenvalue weighted by molar-refractivity contribution is 0.0522. The average Bonchev–Trinajstić information content (AvgIpc) is 3.19. The minimum Gasteiger partial charge on any atom is -0.462 e. The summed E-state index contributed by atoms with van der Waals surface area (Å²) in [6.45, 7) is 5.53. The number of aromatic amines is 1. The molecule has 9 heteroatoms. The van der Waals surface area contributed by atoms with Gasteiger partial charge >= 0.3 is 5.97 Å². The number of aromatic nitrogens is 3. The van der Waals surface area contributed by atoms with Gasteiger partial charge in [0.1, 0.15) is 0 Å². The van der Waals surface area contributed by atoms with E-state index in [9.17, 15) is 9.59 Å². The third-order valence-corrected chi connectivity index (χ3v) is 6.36. The predicted octanol–water partition coefficient (Wildman–Crippen LogP) is 4.76. The lowest BCUT2D eigenvalue weighted by Crippen LogP contribution is -2.13. The molecule has 0 atom stereocenters. The van der Waals surface area contributed by atoms with Crippen LogP contribution in [-0.4, -0.2) is 38.9 Å². The third-order valence-electron chi connectivity index (χ3n) is 3.99. The smallest absolute Gasteiger partial charge is 0.340 e. The van der Waals surface area contributed by atoms with Gasteiger partial charge in [-0.2, -0.15) is 0 Å². The van der Waals surface area contributed by atoms with Crippen molar-refractivity contribution in [2.45, 2.75) is 25.1 Å². The van der Waals surface area contributed by atoms with Gasteiger partial charge in [-0.05, 0) is 45.1 Å². The molecule has 1 N–H and O–H groups in total. The Morgan fingerprint density at radius 3 is 2.57 bits per heavy atom. The first kappa shape index (κ1) is 20.5. The first-order valence-electron chi connectivity index (χ1n) is 8.60. The van der Waals surface area contributed by atoms with E-state index in [4.69, 9.17) is 17.0 Å². The van der Waals surface area contributed by atoms with Crippen LogP contribution >= 0.6 is 35.3 Å². The molecular formula is C19H19N3O3S3. The van der Waals surface area contributed by atoms with Gasteiger partial charge < -0.3 is 9.72 Å². The Hall–Kier alpha value is -2.23. The van der Waals surface area contributed by atoms with Crippen LogP contribution in [0.5, 0.6) is 0 Å². The summed E-state index contributed by atoms with van der Waals surface area (Å²) in [6.07, 6.45) is 0. The quantitative estimate of drug-likeness (QED) is 0.251. The van der Waals surface area contributed by atoms with Gasteiger partial charge in [-0.3, -0.25) is 4.79 Å². The maximum atomic E-state index is 12.8. The molecule has 1 aromatic carbocycles. The van der Waals surface area contributed by atoms with Gasteiger partial charge in [0.2, 0.25) is 0 Å². The van der Waals surface area contributed by atoms with Crippen molar-refractivity contribution < 1.29 is 14.3 Å². The number of thioether (sulfide) groups is 1. The number of esters is 1. The number of carbonyl (C=O) groups excluding carboxylic acids is 2. The van der Waals surface area contributed by atoms with Crippen LogP contribution < -0.4 is 0 Å². The van der Waals surface area contributed by atoms with E-state index in [-0.39, 0.29) is 18.1 Å². The highest BCUT2D eigenvalue weighted by molar-refractivity contribution is 8.01. The van der Waals surface area contributed by atoms with Crippen LogP contribution in [0.3, 0.4) is 0 Å². The summed E-state index contributed by atoms with van der Waals surface area (Å²) in [5, 5.41) is 4.50. The normalized spacial score (nSPS) is 10.8. The molecule has 0 fully saturated rings. The summed E-state index contributed by atoms with van der Waals surface area (Å²) in [5.74, 6) is -0.481. The number of carbonyl (C=O) groups is 2. The number of rotatable bonds is 7. The number of benzene rings is 1. The minimum atomic E-state index is -0.485. The predicted molar refractivity (Wildman–Crippen MR) is 114 cm³/mol. The largest absolute Gasteiger partial charge is 0.462 e. The molecule has 0 aliphatic heterocycles. The lowest BCUT2D eigenvalue weighted by atomic mass is 10.1. The molecule has 0 aliphatic carbocycles. The van der Waals surface area contributed by atoms with Crippen LogP contribution in [0.1, 0.15) is 39.0 Å². The van der Waals surface area contributed by atoms with Crippen molar-refractivity contribution in [3.05, 3.63) is 56.8 Å². The first-order valence-corrected chi connectivity index (χ1v) is 10.8. The number of nitrogens with zero attached hydrogens (tertiary/aromatic N) is 2. The Balaban J connectivity index is 1.79. The van der Waals surface area contributed by atoms with Crippen molar-refractivity contribution in [2.24, 2.45) is 0 Å². The zero-order valence-electron chi connectivity index (χ0n) is 15.6. The highest BCUT2D eigenvalue weighted by Gasteiger charge is 2.25. The number of nitrogens with one attached hydrogen (secondary N) is 1. The summed E-state index contributed by atoms with van der Waals surface area (Å²) < 4.78 is 8.09. The molecule has 0 aliphatic rings. The van der Waals surface area contributed by atoms with E-state index in [1.165, 1.54) is 23.1 Å². The van der Waals surface area contributed by atoms with Crippen molar-refractivity contribution in [3.8, 4) is 5.69 Å². The summed E-state index contributed by atoms with van der Waals surface area (Å²) in [7, 11) is 0. The molecule has 0 amide bonds. The van der Waals surface area contributed by atoms with E-state index in [2.05, 4.69) is 10.1 Å². The van der Waals surface area contributed by atoms with Crippen molar-refractivity contribution in [1.82, 2.24) is 14.8 Å². The van der Waals surface area contributed by atoms with Gasteiger partial charge in [0, 0.05) is 11.4 Å². The van der Waals surface area contributed by atoms with Crippen molar-refractivity contribution in [2.75, 3.05) is 12.4 Å². The van der Waals surface area contributed by atoms with Crippen molar-refractivity contribution in [1.29, 1.82) is 0 Å². The molecule has 3 rings (SSSR count). The van der Waals surface area contributed by atoms with Crippen LogP contribution in [0, 0.1) is 17.8 Å². The molecule has 3 aromatic rings. The molecule has 146 valence electrons. The van der Waals surface area contributed by atoms with Crippen LogP contribution in [0.25, 0.3) is 5.69 Å². The van der Waals surface area contributed by atoms with Gasteiger partial charge in [0.25, 0.3) is 0 Å². The molecule has 0 unspecified atom stereocenters. The Bertz CT molecular complexity index is 1070. The summed E-state index contributed by atoms with van der Waals surface area (Å²) in [6, 6.07) is 9.61. The first-order chi connectivity index (χ1) is 13.4. The second kappa shape index (κ2) is 8.85. The number of aryl methyl sites for hydroxylation is 2. The Morgan fingerprint density at radius 1 is 1.21 bits per heavy atom. The summed E-state index contributed by atoms with van der Waals surface area (Å²) >= 11 is 8.05. The van der Waals surface area contributed by atoms with E-state index in [0.29, 0.717) is 30.8 Å². The zero-order chi connectivity index (χ0) is 20.3. The van der Waals surface area contributed by atoms with E-state index in [0.717, 1.165) is 5.69 Å². The maximum absolute atomic E-state index is 12.8. The Morgan fingerprint density at radius 2 is 1.89 bits per heavy atom. The Kier molecular flexibility index (Phi) is 6.48. The van der Waals surface area contributed by atoms with Crippen LogP contribution in [-0.2, 0) is 4.74 Å². The van der Waals surface area contributed by atoms with Crippen molar-refractivity contribution in [3.63, 3.8) is 0 Å². The molecule has 2 heterocycles. The second-order valence-electron chi connectivity index (χ2n) is 5.94. The maximum Gasteiger partial charge on any atom is 0.340 e. The SMILES string of the molecule is CCOC(=O)c1c(C)[nH]c(C)c1C(=O)CSc1nn(-c2ccccc2)c(=S)s1. The molecule has 0 bridgehead atoms. The fourth-order valence-corrected chi connectivity index (χ4v) is 5.07. The zero-order valence-corrected chi connectivity index (χ0v) is 18.1. The average molecular weight is 434 g/mol. The topological polar surface area (TPSA) is 77.0 Å². The lowest BCUT2D eigenvalue weighted by Gasteiger charge is -2.05. The number of H-pyrrole nitrogens is 1. The minimum absolute atomic E-state index is 0.151. The van der Waals surface area contributed by atoms with Crippen LogP contribution in [0.2, 0.25) is 0 Å². The van der Waals surface area contributed by atoms with Gasteiger partial charge in [-0.1, -0.05) is 41.3 Å². The van der Waals surface area contributed by atoms with Gasteiger partial charge in [-0.25, -0.2) is 9.48 Å². The van der Waals surface area contributed by atoms with E-state index in [1.54, 1.807) is 25.5 Å². The van der Waals surface area contributed by atoms with Crippen LogP contribution in [0.15, 0.2) is 34.7 Å². The number of hydrogen-bond donors (Lipinski definition) is 1. The van der Waals surface area contributed by atoms with E-state index in [1.807, 2.05) is 30.3 Å². The van der Waals surface area contributed by atoms with Crippen LogP contribution in [0.4, 0.5) is 0 Å². The molecule has 6 nitrogen and oxygen atoms in total. The summed E-state index contributed by atoms with van der Waals surface area (Å²) in [4.78, 5) is 28.2. The third kappa shape index (κ3) is 4.26. The van der Waals surface area contributed by atoms with Gasteiger partial charge in [0.15, 0.2) is 14.1 Å². The molecule has 0 saturated carbocycles. The number of hydrogen-bond acceptors (Lipinski definition) is 7. The number of para-hydroxylation sites is 1. The second-order valence-corrected chi connectivity index (χ2v) is 8.78. The summed E-state index contributed by atoms with van der Waals surface area (Å²) in [5.41, 5.74) is 2.87. The molecule has 0 spiro atoms.